The predicted octanol–water partition coefficient (Wildman–Crippen LogP) is 4.03. The predicted molar refractivity (Wildman–Crippen MR) is 104 cm³/mol. The molecule has 0 aliphatic carbocycles. The van der Waals surface area contributed by atoms with Crippen molar-refractivity contribution >= 4 is 23.4 Å². The molecule has 2 aromatic carbocycles. The smallest absolute Gasteiger partial charge is 0.258 e. The third kappa shape index (κ3) is 3.12. The summed E-state index contributed by atoms with van der Waals surface area (Å²) in [6.07, 6.45) is 0.987. The Morgan fingerprint density at radius 1 is 1.08 bits per heavy atom. The SMILES string of the molecule is Cc1nc(C)n(-c2ccc(C(=O)N3CCCSc4ccccc43)cc2)n1. The van der Waals surface area contributed by atoms with Gasteiger partial charge in [0.15, 0.2) is 0 Å². The van der Waals surface area contributed by atoms with Crippen LogP contribution >= 0.6 is 11.8 Å². The minimum Gasteiger partial charge on any atom is -0.307 e. The summed E-state index contributed by atoms with van der Waals surface area (Å²) in [6, 6.07) is 15.7. The molecule has 0 unspecified atom stereocenters. The standard InChI is InChI=1S/C20H20N4OS/c1-14-21-15(2)24(22-14)17-10-8-16(9-11-17)20(25)23-12-5-13-26-19-7-4-3-6-18(19)23/h3-4,6-11H,5,12-13H2,1-2H3. The summed E-state index contributed by atoms with van der Waals surface area (Å²) >= 11 is 1.82. The minimum absolute atomic E-state index is 0.0398. The first-order chi connectivity index (χ1) is 12.6. The Morgan fingerprint density at radius 3 is 2.58 bits per heavy atom. The molecule has 0 bridgehead atoms. The lowest BCUT2D eigenvalue weighted by atomic mass is 10.1. The van der Waals surface area contributed by atoms with E-state index in [0.717, 1.165) is 41.7 Å². The fraction of sp³-hybridized carbons (Fsp3) is 0.250. The number of hydrogen-bond donors (Lipinski definition) is 0. The number of thioether (sulfide) groups is 1. The number of aryl methyl sites for hydroxylation is 2. The van der Waals surface area contributed by atoms with Gasteiger partial charge in [0.1, 0.15) is 11.6 Å². The Balaban J connectivity index is 1.64. The van der Waals surface area contributed by atoms with Crippen molar-refractivity contribution in [1.29, 1.82) is 0 Å². The van der Waals surface area contributed by atoms with Crippen LogP contribution < -0.4 is 4.90 Å². The van der Waals surface area contributed by atoms with E-state index < -0.39 is 0 Å². The van der Waals surface area contributed by atoms with E-state index >= 15 is 0 Å². The number of aromatic nitrogens is 3. The van der Waals surface area contributed by atoms with Crippen molar-refractivity contribution in [3.63, 3.8) is 0 Å². The maximum atomic E-state index is 13.1. The van der Waals surface area contributed by atoms with Crippen LogP contribution in [0.25, 0.3) is 5.69 Å². The molecule has 0 fully saturated rings. The highest BCUT2D eigenvalue weighted by Gasteiger charge is 2.22. The molecule has 132 valence electrons. The van der Waals surface area contributed by atoms with Gasteiger partial charge < -0.3 is 4.90 Å². The molecule has 0 atom stereocenters. The van der Waals surface area contributed by atoms with Crippen LogP contribution in [0.2, 0.25) is 0 Å². The average molecular weight is 364 g/mol. The van der Waals surface area contributed by atoms with Gasteiger partial charge in [0.05, 0.1) is 11.4 Å². The number of nitrogens with zero attached hydrogens (tertiary/aromatic N) is 4. The summed E-state index contributed by atoms with van der Waals surface area (Å²) in [5.74, 6) is 2.64. The molecular formula is C20H20N4OS. The number of carbonyl (C=O) groups is 1. The van der Waals surface area contributed by atoms with Crippen LogP contribution in [0.1, 0.15) is 28.4 Å². The van der Waals surface area contributed by atoms with Crippen LogP contribution in [0.3, 0.4) is 0 Å². The normalized spacial score (nSPS) is 14.0. The Morgan fingerprint density at radius 2 is 1.85 bits per heavy atom. The number of carbonyl (C=O) groups excluding carboxylic acids is 1. The van der Waals surface area contributed by atoms with Gasteiger partial charge in [0, 0.05) is 17.0 Å². The summed E-state index contributed by atoms with van der Waals surface area (Å²) in [7, 11) is 0. The first kappa shape index (κ1) is 16.8. The number of anilines is 1. The number of benzene rings is 2. The second-order valence-electron chi connectivity index (χ2n) is 6.29. The summed E-state index contributed by atoms with van der Waals surface area (Å²) in [6.45, 7) is 4.53. The Kier molecular flexibility index (Phi) is 4.51. The van der Waals surface area contributed by atoms with Crippen LogP contribution in [-0.2, 0) is 0 Å². The van der Waals surface area contributed by atoms with Gasteiger partial charge in [0.25, 0.3) is 5.91 Å². The molecule has 1 amide bonds. The van der Waals surface area contributed by atoms with Gasteiger partial charge in [-0.05, 0) is 62.4 Å². The first-order valence-electron chi connectivity index (χ1n) is 8.68. The molecule has 0 saturated heterocycles. The van der Waals surface area contributed by atoms with E-state index in [1.807, 2.05) is 73.0 Å². The lowest BCUT2D eigenvalue weighted by Gasteiger charge is -2.22. The molecule has 26 heavy (non-hydrogen) atoms. The van der Waals surface area contributed by atoms with Crippen LogP contribution in [0, 0.1) is 13.8 Å². The van der Waals surface area contributed by atoms with Gasteiger partial charge in [-0.25, -0.2) is 9.67 Å². The molecule has 2 heterocycles. The molecule has 0 saturated carbocycles. The highest BCUT2D eigenvalue weighted by molar-refractivity contribution is 7.99. The topological polar surface area (TPSA) is 51.0 Å². The van der Waals surface area contributed by atoms with Gasteiger partial charge in [-0.2, -0.15) is 5.10 Å². The third-order valence-corrected chi connectivity index (χ3v) is 5.57. The number of para-hydroxylation sites is 1. The molecule has 1 aromatic heterocycles. The number of hydrogen-bond acceptors (Lipinski definition) is 4. The molecule has 1 aliphatic heterocycles. The van der Waals surface area contributed by atoms with Gasteiger partial charge >= 0.3 is 0 Å². The van der Waals surface area contributed by atoms with Crippen LogP contribution in [0.15, 0.2) is 53.4 Å². The van der Waals surface area contributed by atoms with Crippen molar-refractivity contribution in [1.82, 2.24) is 14.8 Å². The van der Waals surface area contributed by atoms with Crippen LogP contribution in [-0.4, -0.2) is 33.0 Å². The maximum Gasteiger partial charge on any atom is 0.258 e. The molecule has 5 nitrogen and oxygen atoms in total. The lowest BCUT2D eigenvalue weighted by Crippen LogP contribution is -2.31. The Hall–Kier alpha value is -2.60. The highest BCUT2D eigenvalue weighted by Crippen LogP contribution is 2.34. The zero-order valence-corrected chi connectivity index (χ0v) is 15.7. The van der Waals surface area contributed by atoms with E-state index in [4.69, 9.17) is 0 Å². The molecule has 6 heteroatoms. The van der Waals surface area contributed by atoms with Gasteiger partial charge in [-0.3, -0.25) is 4.79 Å². The fourth-order valence-electron chi connectivity index (χ4n) is 3.20. The van der Waals surface area contributed by atoms with Crippen LogP contribution in [0.5, 0.6) is 0 Å². The van der Waals surface area contributed by atoms with Crippen molar-refractivity contribution in [3.05, 3.63) is 65.7 Å². The maximum absolute atomic E-state index is 13.1. The van der Waals surface area contributed by atoms with Crippen molar-refractivity contribution < 1.29 is 4.79 Å². The summed E-state index contributed by atoms with van der Waals surface area (Å²) in [4.78, 5) is 20.5. The monoisotopic (exact) mass is 364 g/mol. The first-order valence-corrected chi connectivity index (χ1v) is 9.66. The second-order valence-corrected chi connectivity index (χ2v) is 7.43. The summed E-state index contributed by atoms with van der Waals surface area (Å²) in [5.41, 5.74) is 2.60. The zero-order valence-electron chi connectivity index (χ0n) is 14.8. The molecule has 3 aromatic rings. The highest BCUT2D eigenvalue weighted by atomic mass is 32.2. The minimum atomic E-state index is 0.0398. The summed E-state index contributed by atoms with van der Waals surface area (Å²) in [5, 5.41) is 4.39. The van der Waals surface area contributed by atoms with E-state index in [0.29, 0.717) is 5.56 Å². The molecule has 4 rings (SSSR count). The lowest BCUT2D eigenvalue weighted by molar-refractivity contribution is 0.0986. The number of fused-ring (bicyclic) bond motifs is 1. The fourth-order valence-corrected chi connectivity index (χ4v) is 4.20. The molecule has 0 radical (unpaired) electrons. The van der Waals surface area contributed by atoms with Crippen molar-refractivity contribution in [2.45, 2.75) is 25.2 Å². The molecule has 0 N–H and O–H groups in total. The molecular weight excluding hydrogens is 344 g/mol. The largest absolute Gasteiger partial charge is 0.307 e. The average Bonchev–Trinajstić information content (AvgIpc) is 2.87. The van der Waals surface area contributed by atoms with E-state index in [9.17, 15) is 4.79 Å². The van der Waals surface area contributed by atoms with Crippen molar-refractivity contribution in [2.75, 3.05) is 17.2 Å². The second kappa shape index (κ2) is 6.96. The molecule has 0 spiro atoms. The van der Waals surface area contributed by atoms with Gasteiger partial charge in [0.2, 0.25) is 0 Å². The third-order valence-electron chi connectivity index (χ3n) is 4.42. The van der Waals surface area contributed by atoms with E-state index in [-0.39, 0.29) is 5.91 Å². The van der Waals surface area contributed by atoms with Crippen molar-refractivity contribution in [3.8, 4) is 5.69 Å². The van der Waals surface area contributed by atoms with E-state index in [1.54, 1.807) is 4.68 Å². The molecule has 1 aliphatic rings. The van der Waals surface area contributed by atoms with Crippen molar-refractivity contribution in [2.24, 2.45) is 0 Å². The summed E-state index contributed by atoms with van der Waals surface area (Å²) < 4.78 is 1.79. The number of amides is 1. The van der Waals surface area contributed by atoms with Gasteiger partial charge in [-0.1, -0.05) is 12.1 Å². The quantitative estimate of drug-likeness (QED) is 0.689. The Bertz CT molecular complexity index is 949. The van der Waals surface area contributed by atoms with E-state index in [1.165, 1.54) is 4.90 Å². The Labute approximate surface area is 157 Å². The van der Waals surface area contributed by atoms with Crippen LogP contribution in [0.4, 0.5) is 5.69 Å². The zero-order chi connectivity index (χ0) is 18.1. The number of rotatable bonds is 2. The van der Waals surface area contributed by atoms with E-state index in [2.05, 4.69) is 16.1 Å². The van der Waals surface area contributed by atoms with Gasteiger partial charge in [-0.15, -0.1) is 11.8 Å².